The maximum absolute atomic E-state index is 14.1. The number of hydrogen-bond donors (Lipinski definition) is 2. The van der Waals surface area contributed by atoms with Crippen LogP contribution in [-0.2, 0) is 11.2 Å². The van der Waals surface area contributed by atoms with Gasteiger partial charge in [-0.1, -0.05) is 11.2 Å². The van der Waals surface area contributed by atoms with Crippen LogP contribution in [0.25, 0.3) is 17.2 Å². The van der Waals surface area contributed by atoms with Crippen LogP contribution in [0, 0.1) is 5.82 Å². The lowest BCUT2D eigenvalue weighted by Gasteiger charge is -2.11. The molecule has 0 bridgehead atoms. The molecule has 0 aliphatic heterocycles. The molecule has 3 aromatic rings. The second-order valence-corrected chi connectivity index (χ2v) is 7.56. The van der Waals surface area contributed by atoms with E-state index in [0.29, 0.717) is 5.76 Å². The molecule has 1 amide bonds. The summed E-state index contributed by atoms with van der Waals surface area (Å²) >= 11 is 0. The topological polar surface area (TPSA) is 93.8 Å². The fourth-order valence-corrected chi connectivity index (χ4v) is 3.89. The molecule has 8 heteroatoms. The van der Waals surface area contributed by atoms with Gasteiger partial charge in [0.15, 0.2) is 11.5 Å². The van der Waals surface area contributed by atoms with Gasteiger partial charge in [0.2, 0.25) is 11.7 Å². The van der Waals surface area contributed by atoms with Crippen LogP contribution in [0.5, 0.6) is 17.2 Å². The van der Waals surface area contributed by atoms with Gasteiger partial charge in [0.05, 0.1) is 26.8 Å². The smallest absolute Gasteiger partial charge is 0.227 e. The molecule has 170 valence electrons. The van der Waals surface area contributed by atoms with Crippen molar-refractivity contribution in [2.45, 2.75) is 13.3 Å². The molecule has 0 saturated carbocycles. The van der Waals surface area contributed by atoms with Crippen molar-refractivity contribution in [3.63, 3.8) is 0 Å². The van der Waals surface area contributed by atoms with Gasteiger partial charge in [-0.25, -0.2) is 4.39 Å². The first-order valence-corrected chi connectivity index (χ1v) is 10.2. The third kappa shape index (κ3) is 4.45. The van der Waals surface area contributed by atoms with E-state index < -0.39 is 0 Å². The highest BCUT2D eigenvalue weighted by Gasteiger charge is 2.25. The molecule has 0 spiro atoms. The van der Waals surface area contributed by atoms with Crippen molar-refractivity contribution in [1.29, 1.82) is 0 Å². The number of fused-ring (bicyclic) bond motifs is 1. The van der Waals surface area contributed by atoms with Gasteiger partial charge >= 0.3 is 0 Å². The van der Waals surface area contributed by atoms with Crippen LogP contribution in [0.1, 0.15) is 29.4 Å². The molecule has 2 aromatic carbocycles. The highest BCUT2D eigenvalue weighted by atomic mass is 19.1. The Morgan fingerprint density at radius 1 is 1.15 bits per heavy atom. The van der Waals surface area contributed by atoms with E-state index in [1.807, 2.05) is 13.0 Å². The molecule has 0 radical (unpaired) electrons. The molecule has 2 N–H and O–H groups in total. The molecule has 0 atom stereocenters. The number of aromatic hydroxyl groups is 1. The Hall–Kier alpha value is -4.07. The average Bonchev–Trinajstić information content (AvgIpc) is 3.39. The minimum Gasteiger partial charge on any atom is -0.502 e. The van der Waals surface area contributed by atoms with Crippen molar-refractivity contribution in [2.24, 2.45) is 0 Å². The SMILES string of the molecule is COc1cc(C=C2C(C)=C(CNC(=O)Cc3ccno3)c3cc(F)ccc32)cc(OC)c1O. The van der Waals surface area contributed by atoms with Crippen LogP contribution < -0.4 is 14.8 Å². The maximum Gasteiger partial charge on any atom is 0.227 e. The summed E-state index contributed by atoms with van der Waals surface area (Å²) in [5.74, 6) is 0.349. The average molecular weight is 450 g/mol. The van der Waals surface area contributed by atoms with Crippen LogP contribution in [0.4, 0.5) is 4.39 Å². The minimum absolute atomic E-state index is 0.0676. The summed E-state index contributed by atoms with van der Waals surface area (Å²) in [5, 5.41) is 16.7. The molecule has 4 rings (SSSR count). The molecule has 7 nitrogen and oxygen atoms in total. The number of amides is 1. The molecule has 0 unspecified atom stereocenters. The Labute approximate surface area is 190 Å². The first-order valence-electron chi connectivity index (χ1n) is 10.2. The van der Waals surface area contributed by atoms with Crippen molar-refractivity contribution < 1.29 is 28.3 Å². The van der Waals surface area contributed by atoms with Gasteiger partial charge in [0.1, 0.15) is 11.6 Å². The fraction of sp³-hybridized carbons (Fsp3) is 0.200. The first-order chi connectivity index (χ1) is 15.9. The number of benzene rings is 2. The van der Waals surface area contributed by atoms with E-state index in [4.69, 9.17) is 14.0 Å². The van der Waals surface area contributed by atoms with E-state index in [2.05, 4.69) is 10.5 Å². The predicted molar refractivity (Wildman–Crippen MR) is 121 cm³/mol. The Kier molecular flexibility index (Phi) is 6.17. The largest absolute Gasteiger partial charge is 0.502 e. The molecule has 0 saturated heterocycles. The maximum atomic E-state index is 14.1. The lowest BCUT2D eigenvalue weighted by Crippen LogP contribution is -2.26. The Bertz CT molecular complexity index is 1240. The van der Waals surface area contributed by atoms with Gasteiger partial charge in [-0.15, -0.1) is 0 Å². The van der Waals surface area contributed by atoms with Crippen LogP contribution in [0.15, 0.2) is 52.7 Å². The standard InChI is InChI=1S/C25H23FN2O5/c1-14-19(8-15-9-22(31-2)25(30)23(10-15)32-3)18-5-4-16(26)11-20(18)21(14)13-27-24(29)12-17-6-7-28-33-17/h4-11,30H,12-13H2,1-3H3,(H,27,29). The molecule has 1 aromatic heterocycles. The molecular formula is C25H23FN2O5. The molecule has 1 heterocycles. The fourth-order valence-electron chi connectivity index (χ4n) is 3.89. The number of carbonyl (C=O) groups is 1. The van der Waals surface area contributed by atoms with Crippen molar-refractivity contribution in [3.8, 4) is 17.2 Å². The molecule has 33 heavy (non-hydrogen) atoms. The van der Waals surface area contributed by atoms with Crippen molar-refractivity contribution >= 4 is 23.1 Å². The third-order valence-corrected chi connectivity index (χ3v) is 5.56. The zero-order valence-electron chi connectivity index (χ0n) is 18.4. The van der Waals surface area contributed by atoms with Crippen LogP contribution >= 0.6 is 0 Å². The highest BCUT2D eigenvalue weighted by Crippen LogP contribution is 2.44. The molecule has 1 aliphatic rings. The number of hydrogen-bond acceptors (Lipinski definition) is 6. The zero-order valence-corrected chi connectivity index (χ0v) is 18.4. The van der Waals surface area contributed by atoms with E-state index >= 15 is 0 Å². The van der Waals surface area contributed by atoms with E-state index in [9.17, 15) is 14.3 Å². The van der Waals surface area contributed by atoms with Gasteiger partial charge in [0.25, 0.3) is 0 Å². The summed E-state index contributed by atoms with van der Waals surface area (Å²) < 4.78 is 29.6. The highest BCUT2D eigenvalue weighted by molar-refractivity contribution is 6.06. The first kappa shape index (κ1) is 22.1. The number of nitrogens with zero attached hydrogens (tertiary/aromatic N) is 1. The summed E-state index contributed by atoms with van der Waals surface area (Å²) in [5.41, 5.74) is 4.90. The summed E-state index contributed by atoms with van der Waals surface area (Å²) in [6.45, 7) is 2.16. The lowest BCUT2D eigenvalue weighted by atomic mass is 10.00. The van der Waals surface area contributed by atoms with Crippen LogP contribution in [0.2, 0.25) is 0 Å². The van der Waals surface area contributed by atoms with Gasteiger partial charge in [-0.05, 0) is 70.7 Å². The number of aromatic nitrogens is 1. The molecule has 0 fully saturated rings. The number of phenols is 1. The second kappa shape index (κ2) is 9.20. The Morgan fingerprint density at radius 3 is 2.52 bits per heavy atom. The van der Waals surface area contributed by atoms with E-state index in [0.717, 1.165) is 33.4 Å². The summed E-state index contributed by atoms with van der Waals surface area (Å²) in [6.07, 6.45) is 3.47. The predicted octanol–water partition coefficient (Wildman–Crippen LogP) is 4.22. The third-order valence-electron chi connectivity index (χ3n) is 5.56. The quantitative estimate of drug-likeness (QED) is 0.560. The van der Waals surface area contributed by atoms with E-state index in [-0.39, 0.29) is 41.9 Å². The number of halogens is 1. The van der Waals surface area contributed by atoms with Gasteiger partial charge in [0, 0.05) is 12.6 Å². The van der Waals surface area contributed by atoms with Crippen molar-refractivity contribution in [2.75, 3.05) is 20.8 Å². The second-order valence-electron chi connectivity index (χ2n) is 7.56. The summed E-state index contributed by atoms with van der Waals surface area (Å²) in [6, 6.07) is 9.61. The van der Waals surface area contributed by atoms with Gasteiger partial charge in [-0.3, -0.25) is 4.79 Å². The Morgan fingerprint density at radius 2 is 1.88 bits per heavy atom. The van der Waals surface area contributed by atoms with E-state index in [1.54, 1.807) is 24.3 Å². The van der Waals surface area contributed by atoms with Crippen molar-refractivity contribution in [3.05, 3.63) is 76.4 Å². The summed E-state index contributed by atoms with van der Waals surface area (Å²) in [7, 11) is 2.92. The zero-order chi connectivity index (χ0) is 23.5. The van der Waals surface area contributed by atoms with Gasteiger partial charge in [-0.2, -0.15) is 0 Å². The number of methoxy groups -OCH3 is 2. The number of phenolic OH excluding ortho intramolecular Hbond substituents is 1. The summed E-state index contributed by atoms with van der Waals surface area (Å²) in [4.78, 5) is 12.3. The number of ether oxygens (including phenoxy) is 2. The molecule has 1 aliphatic carbocycles. The van der Waals surface area contributed by atoms with Gasteiger partial charge < -0.3 is 24.4 Å². The van der Waals surface area contributed by atoms with E-state index in [1.165, 1.54) is 32.5 Å². The molecular weight excluding hydrogens is 427 g/mol. The lowest BCUT2D eigenvalue weighted by molar-refractivity contribution is -0.120. The monoisotopic (exact) mass is 450 g/mol. The number of rotatable bonds is 7. The number of nitrogens with one attached hydrogen (secondary N) is 1. The number of allylic oxidation sites excluding steroid dienone is 2. The Balaban J connectivity index is 1.69. The number of carbonyl (C=O) groups excluding carboxylic acids is 1. The minimum atomic E-state index is -0.360. The van der Waals surface area contributed by atoms with Crippen LogP contribution in [-0.4, -0.2) is 36.9 Å². The van der Waals surface area contributed by atoms with Crippen molar-refractivity contribution in [1.82, 2.24) is 10.5 Å². The normalized spacial score (nSPS) is 13.9. The van der Waals surface area contributed by atoms with Crippen LogP contribution in [0.3, 0.4) is 0 Å².